The van der Waals surface area contributed by atoms with Crippen LogP contribution in [0.1, 0.15) is 45.4 Å². The van der Waals surface area contributed by atoms with E-state index in [1.54, 1.807) is 0 Å². The molecule has 0 radical (unpaired) electrons. The van der Waals surface area contributed by atoms with Gasteiger partial charge >= 0.3 is 5.97 Å². The van der Waals surface area contributed by atoms with Crippen LogP contribution in [-0.2, 0) is 9.53 Å². The SMILES string of the molecule is CCCCCC(=O)O[C@@H]1C[C@@H]2[C@@H](Br)[C@H](O)C[C@@H]21. The van der Waals surface area contributed by atoms with E-state index in [1.165, 1.54) is 0 Å². The minimum Gasteiger partial charge on any atom is -0.462 e. The number of fused-ring (bicyclic) bond motifs is 1. The van der Waals surface area contributed by atoms with Crippen molar-refractivity contribution < 1.29 is 14.6 Å². The normalized spacial score (nSPS) is 39.6. The van der Waals surface area contributed by atoms with Crippen molar-refractivity contribution >= 4 is 21.9 Å². The summed E-state index contributed by atoms with van der Waals surface area (Å²) in [5, 5.41) is 9.72. The third-order valence-electron chi connectivity index (χ3n) is 4.09. The second kappa shape index (κ2) is 5.70. The van der Waals surface area contributed by atoms with Crippen molar-refractivity contribution in [2.24, 2.45) is 11.8 Å². The fraction of sp³-hybridized carbons (Fsp3) is 0.923. The van der Waals surface area contributed by atoms with Crippen molar-refractivity contribution in [3.63, 3.8) is 0 Å². The smallest absolute Gasteiger partial charge is 0.306 e. The molecule has 0 bridgehead atoms. The van der Waals surface area contributed by atoms with E-state index in [0.29, 0.717) is 18.3 Å². The van der Waals surface area contributed by atoms with E-state index in [4.69, 9.17) is 4.74 Å². The molecule has 0 unspecified atom stereocenters. The Bertz CT molecular complexity index is 282. The number of ether oxygens (including phenoxy) is 1. The number of alkyl halides is 1. The predicted octanol–water partition coefficient (Wildman–Crippen LogP) is 2.64. The van der Waals surface area contributed by atoms with Gasteiger partial charge < -0.3 is 9.84 Å². The number of hydrogen-bond donors (Lipinski definition) is 1. The summed E-state index contributed by atoms with van der Waals surface area (Å²) in [5.74, 6) is 0.817. The number of rotatable bonds is 5. The molecule has 2 aliphatic carbocycles. The summed E-state index contributed by atoms with van der Waals surface area (Å²) in [6.45, 7) is 2.12. The van der Waals surface area contributed by atoms with Crippen LogP contribution in [-0.4, -0.2) is 28.1 Å². The van der Waals surface area contributed by atoms with Crippen LogP contribution in [0.3, 0.4) is 0 Å². The van der Waals surface area contributed by atoms with E-state index in [2.05, 4.69) is 22.9 Å². The average molecular weight is 305 g/mol. The summed E-state index contributed by atoms with van der Waals surface area (Å²) >= 11 is 3.52. The quantitative estimate of drug-likeness (QED) is 0.482. The Kier molecular flexibility index (Phi) is 4.47. The zero-order valence-electron chi connectivity index (χ0n) is 10.3. The van der Waals surface area contributed by atoms with Crippen LogP contribution in [0, 0.1) is 11.8 Å². The monoisotopic (exact) mass is 304 g/mol. The Labute approximate surface area is 111 Å². The van der Waals surface area contributed by atoms with Crippen molar-refractivity contribution in [1.82, 2.24) is 0 Å². The van der Waals surface area contributed by atoms with E-state index in [1.807, 2.05) is 0 Å². The van der Waals surface area contributed by atoms with Crippen molar-refractivity contribution in [2.75, 3.05) is 0 Å². The van der Waals surface area contributed by atoms with Crippen LogP contribution in [0.15, 0.2) is 0 Å². The minimum atomic E-state index is -0.270. The molecular weight excluding hydrogens is 284 g/mol. The Morgan fingerprint density at radius 2 is 2.12 bits per heavy atom. The molecule has 17 heavy (non-hydrogen) atoms. The molecule has 0 heterocycles. The first-order valence-corrected chi connectivity index (χ1v) is 7.56. The van der Waals surface area contributed by atoms with E-state index in [0.717, 1.165) is 32.1 Å². The molecule has 0 saturated heterocycles. The molecule has 0 amide bonds. The van der Waals surface area contributed by atoms with E-state index in [-0.39, 0.29) is 23.0 Å². The maximum Gasteiger partial charge on any atom is 0.306 e. The fourth-order valence-electron chi connectivity index (χ4n) is 2.97. The molecule has 0 aromatic carbocycles. The summed E-state index contributed by atoms with van der Waals surface area (Å²) in [7, 11) is 0. The lowest BCUT2D eigenvalue weighted by molar-refractivity contribution is -0.161. The average Bonchev–Trinajstić information content (AvgIpc) is 2.50. The van der Waals surface area contributed by atoms with Gasteiger partial charge in [0.2, 0.25) is 0 Å². The zero-order valence-corrected chi connectivity index (χ0v) is 11.9. The second-order valence-corrected chi connectivity index (χ2v) is 6.35. The summed E-state index contributed by atoms with van der Waals surface area (Å²) in [6, 6.07) is 0. The number of aliphatic hydroxyl groups excluding tert-OH is 1. The highest BCUT2D eigenvalue weighted by Gasteiger charge is 2.54. The lowest BCUT2D eigenvalue weighted by Gasteiger charge is -2.40. The van der Waals surface area contributed by atoms with Gasteiger partial charge in [-0.05, 0) is 25.2 Å². The molecule has 1 N–H and O–H groups in total. The van der Waals surface area contributed by atoms with E-state index >= 15 is 0 Å². The zero-order chi connectivity index (χ0) is 12.4. The molecule has 2 aliphatic rings. The maximum absolute atomic E-state index is 11.6. The molecule has 2 fully saturated rings. The number of halogens is 1. The van der Waals surface area contributed by atoms with Gasteiger partial charge in [-0.25, -0.2) is 0 Å². The molecule has 5 atom stereocenters. The number of carbonyl (C=O) groups excluding carboxylic acids is 1. The van der Waals surface area contributed by atoms with Crippen molar-refractivity contribution in [1.29, 1.82) is 0 Å². The summed E-state index contributed by atoms with van der Waals surface area (Å²) in [5.41, 5.74) is 0. The van der Waals surface area contributed by atoms with Gasteiger partial charge in [0.15, 0.2) is 0 Å². The summed E-state index contributed by atoms with van der Waals surface area (Å²) < 4.78 is 5.47. The molecule has 3 nitrogen and oxygen atoms in total. The lowest BCUT2D eigenvalue weighted by Crippen LogP contribution is -2.43. The van der Waals surface area contributed by atoms with Crippen LogP contribution in [0.2, 0.25) is 0 Å². The van der Waals surface area contributed by atoms with Gasteiger partial charge in [0.1, 0.15) is 6.10 Å². The first-order valence-electron chi connectivity index (χ1n) is 6.65. The molecule has 0 aromatic rings. The lowest BCUT2D eigenvalue weighted by atomic mass is 9.73. The van der Waals surface area contributed by atoms with Gasteiger partial charge in [-0.1, -0.05) is 35.7 Å². The third-order valence-corrected chi connectivity index (χ3v) is 5.38. The molecule has 0 aromatic heterocycles. The van der Waals surface area contributed by atoms with Gasteiger partial charge in [0.25, 0.3) is 0 Å². The van der Waals surface area contributed by atoms with Crippen molar-refractivity contribution in [2.45, 2.75) is 62.5 Å². The largest absolute Gasteiger partial charge is 0.462 e. The Balaban J connectivity index is 1.70. The van der Waals surface area contributed by atoms with E-state index < -0.39 is 0 Å². The van der Waals surface area contributed by atoms with Crippen LogP contribution in [0.25, 0.3) is 0 Å². The third kappa shape index (κ3) is 2.84. The predicted molar refractivity (Wildman–Crippen MR) is 69.0 cm³/mol. The molecule has 2 rings (SSSR count). The Hall–Kier alpha value is -0.0900. The van der Waals surface area contributed by atoms with Crippen LogP contribution in [0.4, 0.5) is 0 Å². The van der Waals surface area contributed by atoms with Gasteiger partial charge in [0.05, 0.1) is 6.10 Å². The molecule has 2 saturated carbocycles. The second-order valence-electron chi connectivity index (χ2n) is 5.30. The van der Waals surface area contributed by atoms with Crippen LogP contribution < -0.4 is 0 Å². The van der Waals surface area contributed by atoms with Gasteiger partial charge in [-0.2, -0.15) is 0 Å². The summed E-state index contributed by atoms with van der Waals surface area (Å²) in [4.78, 5) is 11.8. The first kappa shape index (κ1) is 13.3. The molecule has 4 heteroatoms. The highest BCUT2D eigenvalue weighted by atomic mass is 79.9. The number of aliphatic hydroxyl groups is 1. The number of hydrogen-bond acceptors (Lipinski definition) is 3. The molecule has 0 spiro atoms. The topological polar surface area (TPSA) is 46.5 Å². The fourth-order valence-corrected chi connectivity index (χ4v) is 3.79. The van der Waals surface area contributed by atoms with Gasteiger partial charge in [-0.15, -0.1) is 0 Å². The van der Waals surface area contributed by atoms with E-state index in [9.17, 15) is 9.90 Å². The van der Waals surface area contributed by atoms with Crippen molar-refractivity contribution in [3.8, 4) is 0 Å². The van der Waals surface area contributed by atoms with Crippen molar-refractivity contribution in [3.05, 3.63) is 0 Å². The number of unbranched alkanes of at least 4 members (excludes halogenated alkanes) is 2. The number of esters is 1. The standard InChI is InChI=1S/C13H21BrO3/c1-2-3-4-5-12(16)17-11-7-9-8(11)6-10(15)13(9)14/h8-11,13,15H,2-7H2,1H3/t8-,9-,10+,11+,13+/m0/s1. The molecule has 0 aliphatic heterocycles. The Morgan fingerprint density at radius 1 is 1.35 bits per heavy atom. The highest BCUT2D eigenvalue weighted by Crippen LogP contribution is 2.51. The first-order chi connectivity index (χ1) is 8.13. The highest BCUT2D eigenvalue weighted by molar-refractivity contribution is 9.09. The number of carbonyl (C=O) groups is 1. The summed E-state index contributed by atoms with van der Waals surface area (Å²) in [6.07, 6.45) is 5.17. The van der Waals surface area contributed by atoms with Gasteiger partial charge in [-0.3, -0.25) is 4.79 Å². The van der Waals surface area contributed by atoms with Gasteiger partial charge in [0, 0.05) is 17.2 Å². The van der Waals surface area contributed by atoms with Crippen LogP contribution >= 0.6 is 15.9 Å². The molecular formula is C13H21BrO3. The Morgan fingerprint density at radius 3 is 2.76 bits per heavy atom. The molecule has 98 valence electrons. The minimum absolute atomic E-state index is 0.0607. The maximum atomic E-state index is 11.6. The van der Waals surface area contributed by atoms with Crippen LogP contribution in [0.5, 0.6) is 0 Å².